The van der Waals surface area contributed by atoms with E-state index in [-0.39, 0.29) is 0 Å². The zero-order valence-corrected chi connectivity index (χ0v) is 15.0. The number of aliphatic hydroxyl groups excluding tert-OH is 1. The fourth-order valence-electron chi connectivity index (χ4n) is 3.09. The summed E-state index contributed by atoms with van der Waals surface area (Å²) >= 11 is 0. The van der Waals surface area contributed by atoms with E-state index in [4.69, 9.17) is 9.15 Å². The summed E-state index contributed by atoms with van der Waals surface area (Å²) in [6.45, 7) is 1.92. The van der Waals surface area contributed by atoms with Crippen molar-refractivity contribution in [1.29, 1.82) is 0 Å². The highest BCUT2D eigenvalue weighted by molar-refractivity contribution is 5.28. The van der Waals surface area contributed by atoms with Gasteiger partial charge in [0.2, 0.25) is 0 Å². The highest BCUT2D eigenvalue weighted by Crippen LogP contribution is 2.17. The van der Waals surface area contributed by atoms with E-state index >= 15 is 0 Å². The lowest BCUT2D eigenvalue weighted by Crippen LogP contribution is -2.32. The van der Waals surface area contributed by atoms with Gasteiger partial charge in [0.15, 0.2) is 0 Å². The van der Waals surface area contributed by atoms with Crippen LogP contribution in [0, 0.1) is 0 Å². The summed E-state index contributed by atoms with van der Waals surface area (Å²) in [4.78, 5) is 2.20. The monoisotopic (exact) mass is 351 g/mol. The summed E-state index contributed by atoms with van der Waals surface area (Å²) in [5, 5.41) is 10.6. The predicted molar refractivity (Wildman–Crippen MR) is 102 cm³/mol. The maximum atomic E-state index is 10.6. The van der Waals surface area contributed by atoms with Crippen LogP contribution in [0.5, 0.6) is 5.75 Å². The quantitative estimate of drug-likeness (QED) is 0.635. The van der Waals surface area contributed by atoms with E-state index in [0.29, 0.717) is 26.1 Å². The summed E-state index contributed by atoms with van der Waals surface area (Å²) in [6.07, 6.45) is 1.87. The van der Waals surface area contributed by atoms with Gasteiger partial charge >= 0.3 is 0 Å². The molecule has 1 heterocycles. The molecule has 2 aromatic carbocycles. The highest BCUT2D eigenvalue weighted by atomic mass is 16.5. The molecule has 0 aliphatic rings. The lowest BCUT2D eigenvalue weighted by Gasteiger charge is -2.24. The Hall–Kier alpha value is -2.56. The van der Waals surface area contributed by atoms with Crippen LogP contribution in [0.3, 0.4) is 0 Å². The number of hydrogen-bond donors (Lipinski definition) is 1. The molecule has 0 bridgehead atoms. The maximum Gasteiger partial charge on any atom is 0.119 e. The zero-order valence-electron chi connectivity index (χ0n) is 15.0. The van der Waals surface area contributed by atoms with Gasteiger partial charge in [-0.2, -0.15) is 0 Å². The van der Waals surface area contributed by atoms with Crippen molar-refractivity contribution in [3.63, 3.8) is 0 Å². The molecule has 0 radical (unpaired) electrons. The minimum absolute atomic E-state index is 0.446. The summed E-state index contributed by atoms with van der Waals surface area (Å²) in [5.41, 5.74) is 2.28. The molecule has 0 aliphatic carbocycles. The summed E-state index contributed by atoms with van der Waals surface area (Å²) in [7, 11) is 1.67. The van der Waals surface area contributed by atoms with Crippen LogP contribution in [0.1, 0.15) is 16.9 Å². The molecule has 0 saturated heterocycles. The minimum atomic E-state index is -0.446. The van der Waals surface area contributed by atoms with Crippen LogP contribution < -0.4 is 4.74 Å². The molecule has 0 spiro atoms. The minimum Gasteiger partial charge on any atom is -0.497 e. The topological polar surface area (TPSA) is 45.8 Å². The Morgan fingerprint density at radius 3 is 2.50 bits per heavy atom. The Labute approximate surface area is 154 Å². The van der Waals surface area contributed by atoms with Crippen molar-refractivity contribution in [3.05, 3.63) is 89.9 Å². The Bertz CT molecular complexity index is 771. The normalized spacial score (nSPS) is 12.3. The van der Waals surface area contributed by atoms with Crippen molar-refractivity contribution in [2.75, 3.05) is 13.7 Å². The van der Waals surface area contributed by atoms with Crippen LogP contribution in [0.4, 0.5) is 0 Å². The number of aliphatic hydroxyl groups is 1. The number of nitrogens with zero attached hydrogens (tertiary/aromatic N) is 1. The first-order valence-corrected chi connectivity index (χ1v) is 8.82. The van der Waals surface area contributed by atoms with Gasteiger partial charge in [-0.25, -0.2) is 0 Å². The molecular formula is C22H25NO3. The second-order valence-electron chi connectivity index (χ2n) is 6.44. The zero-order chi connectivity index (χ0) is 18.2. The first-order chi connectivity index (χ1) is 12.7. The molecular weight excluding hydrogens is 326 g/mol. The number of benzene rings is 2. The summed E-state index contributed by atoms with van der Waals surface area (Å²) in [5.74, 6) is 1.73. The lowest BCUT2D eigenvalue weighted by atomic mass is 10.1. The Morgan fingerprint density at radius 1 is 0.962 bits per heavy atom. The molecule has 0 unspecified atom stereocenters. The first-order valence-electron chi connectivity index (χ1n) is 8.82. The third-order valence-electron chi connectivity index (χ3n) is 4.28. The second-order valence-corrected chi connectivity index (χ2v) is 6.44. The standard InChI is InChI=1S/C22H25NO3/c1-25-21-10-5-9-19(14-21)15-23(17-22-11-6-12-26-22)16-20(24)13-18-7-3-2-4-8-18/h2-12,14,20,24H,13,15-17H2,1H3/t20-/m1/s1. The smallest absolute Gasteiger partial charge is 0.119 e. The molecule has 0 fully saturated rings. The predicted octanol–water partition coefficient (Wildman–Crippen LogP) is 3.89. The largest absolute Gasteiger partial charge is 0.497 e. The van der Waals surface area contributed by atoms with E-state index < -0.39 is 6.10 Å². The van der Waals surface area contributed by atoms with Crippen LogP contribution in [-0.2, 0) is 19.5 Å². The molecule has 1 N–H and O–H groups in total. The van der Waals surface area contributed by atoms with Crippen LogP contribution in [0.2, 0.25) is 0 Å². The molecule has 26 heavy (non-hydrogen) atoms. The van der Waals surface area contributed by atoms with Crippen LogP contribution in [0.25, 0.3) is 0 Å². The van der Waals surface area contributed by atoms with Gasteiger partial charge in [0.1, 0.15) is 11.5 Å². The van der Waals surface area contributed by atoms with Gasteiger partial charge in [-0.05, 0) is 41.8 Å². The molecule has 1 aromatic heterocycles. The molecule has 3 aromatic rings. The molecule has 0 amide bonds. The van der Waals surface area contributed by atoms with Crippen molar-refractivity contribution in [1.82, 2.24) is 4.90 Å². The van der Waals surface area contributed by atoms with Gasteiger partial charge in [0.05, 0.1) is 26.0 Å². The first kappa shape index (κ1) is 18.2. The van der Waals surface area contributed by atoms with Gasteiger partial charge in [0, 0.05) is 13.1 Å². The van der Waals surface area contributed by atoms with Crippen molar-refractivity contribution < 1.29 is 14.3 Å². The lowest BCUT2D eigenvalue weighted by molar-refractivity contribution is 0.100. The second kappa shape index (κ2) is 9.22. The van der Waals surface area contributed by atoms with Crippen LogP contribution in [-0.4, -0.2) is 29.8 Å². The molecule has 4 nitrogen and oxygen atoms in total. The van der Waals surface area contributed by atoms with Crippen molar-refractivity contribution >= 4 is 0 Å². The van der Waals surface area contributed by atoms with Gasteiger partial charge in [-0.3, -0.25) is 4.90 Å². The molecule has 136 valence electrons. The SMILES string of the molecule is COc1cccc(CN(Cc2ccco2)C[C@H](O)Cc2ccccc2)c1. The molecule has 1 atom stereocenters. The molecule has 0 saturated carbocycles. The summed E-state index contributed by atoms with van der Waals surface area (Å²) in [6, 6.07) is 21.9. The maximum absolute atomic E-state index is 10.6. The Morgan fingerprint density at radius 2 is 1.77 bits per heavy atom. The van der Waals surface area contributed by atoms with Crippen molar-refractivity contribution in [3.8, 4) is 5.75 Å². The van der Waals surface area contributed by atoms with E-state index in [1.165, 1.54) is 0 Å². The van der Waals surface area contributed by atoms with Gasteiger partial charge < -0.3 is 14.3 Å². The third kappa shape index (κ3) is 5.48. The number of ether oxygens (including phenoxy) is 1. The third-order valence-corrected chi connectivity index (χ3v) is 4.28. The number of hydrogen-bond acceptors (Lipinski definition) is 4. The van der Waals surface area contributed by atoms with Crippen LogP contribution in [0.15, 0.2) is 77.4 Å². The molecule has 3 rings (SSSR count). The van der Waals surface area contributed by atoms with Crippen LogP contribution >= 0.6 is 0 Å². The van der Waals surface area contributed by atoms with E-state index in [0.717, 1.165) is 22.6 Å². The fourth-order valence-corrected chi connectivity index (χ4v) is 3.09. The summed E-state index contributed by atoms with van der Waals surface area (Å²) < 4.78 is 10.8. The van der Waals surface area contributed by atoms with E-state index in [9.17, 15) is 5.11 Å². The van der Waals surface area contributed by atoms with Crippen molar-refractivity contribution in [2.24, 2.45) is 0 Å². The molecule has 4 heteroatoms. The average Bonchev–Trinajstić information content (AvgIpc) is 3.15. The highest BCUT2D eigenvalue weighted by Gasteiger charge is 2.15. The van der Waals surface area contributed by atoms with Gasteiger partial charge in [0.25, 0.3) is 0 Å². The fraction of sp³-hybridized carbons (Fsp3) is 0.273. The number of furan rings is 1. The number of methoxy groups -OCH3 is 1. The Balaban J connectivity index is 1.68. The van der Waals surface area contributed by atoms with E-state index in [1.807, 2.05) is 60.7 Å². The van der Waals surface area contributed by atoms with E-state index in [1.54, 1.807) is 13.4 Å². The average molecular weight is 351 g/mol. The van der Waals surface area contributed by atoms with E-state index in [2.05, 4.69) is 11.0 Å². The van der Waals surface area contributed by atoms with Gasteiger partial charge in [-0.1, -0.05) is 42.5 Å². The molecule has 0 aliphatic heterocycles. The van der Waals surface area contributed by atoms with Gasteiger partial charge in [-0.15, -0.1) is 0 Å². The van der Waals surface area contributed by atoms with Crippen molar-refractivity contribution in [2.45, 2.75) is 25.6 Å². The Kier molecular flexibility index (Phi) is 6.47. The number of rotatable bonds is 9.